The van der Waals surface area contributed by atoms with Crippen LogP contribution in [-0.2, 0) is 0 Å². The van der Waals surface area contributed by atoms with Crippen LogP contribution in [0.4, 0.5) is 0 Å². The fraction of sp³-hybridized carbons (Fsp3) is 0.188. The minimum Gasteiger partial charge on any atom is -0.491 e. The van der Waals surface area contributed by atoms with Crippen LogP contribution in [0.15, 0.2) is 48.5 Å². The molecule has 0 amide bonds. The first-order chi connectivity index (χ1) is 10.0. The van der Waals surface area contributed by atoms with Crippen molar-refractivity contribution < 1.29 is 9.53 Å². The summed E-state index contributed by atoms with van der Waals surface area (Å²) in [4.78, 5) is 12.6. The Hall–Kier alpha value is -0.840. The highest BCUT2D eigenvalue weighted by molar-refractivity contribution is 9.12. The van der Waals surface area contributed by atoms with E-state index in [4.69, 9.17) is 16.3 Å². The Kier molecular flexibility index (Phi) is 4.12. The molecule has 2 atom stereocenters. The molecule has 2 aromatic rings. The Balaban J connectivity index is 1.98. The maximum absolute atomic E-state index is 12.8. The number of hydrogen-bond donors (Lipinski definition) is 0. The summed E-state index contributed by atoms with van der Waals surface area (Å²) < 4.78 is 4.91. The van der Waals surface area contributed by atoms with Crippen molar-refractivity contribution in [2.75, 3.05) is 6.61 Å². The molecular formula is C16H11Br2ClO2. The van der Waals surface area contributed by atoms with Gasteiger partial charge >= 0.3 is 0 Å². The van der Waals surface area contributed by atoms with Crippen molar-refractivity contribution in [1.29, 1.82) is 0 Å². The van der Waals surface area contributed by atoms with Crippen molar-refractivity contribution in [2.24, 2.45) is 0 Å². The molecule has 1 heterocycles. The van der Waals surface area contributed by atoms with E-state index in [0.29, 0.717) is 16.3 Å². The molecule has 0 saturated heterocycles. The summed E-state index contributed by atoms with van der Waals surface area (Å²) in [5, 5.41) is 0.665. The molecule has 0 N–H and O–H groups in total. The van der Waals surface area contributed by atoms with Gasteiger partial charge in [0.2, 0.25) is 0 Å². The minimum atomic E-state index is -0.838. The molecule has 0 aliphatic carbocycles. The molecule has 0 bridgehead atoms. The van der Waals surface area contributed by atoms with Crippen LogP contribution in [0.25, 0.3) is 0 Å². The van der Waals surface area contributed by atoms with Crippen molar-refractivity contribution in [3.05, 3.63) is 64.7 Å². The molecule has 1 aliphatic heterocycles. The maximum atomic E-state index is 12.8. The topological polar surface area (TPSA) is 26.3 Å². The molecule has 21 heavy (non-hydrogen) atoms. The molecule has 2 aromatic carbocycles. The van der Waals surface area contributed by atoms with E-state index in [2.05, 4.69) is 31.9 Å². The van der Waals surface area contributed by atoms with Crippen LogP contribution in [0.1, 0.15) is 20.7 Å². The van der Waals surface area contributed by atoms with Crippen LogP contribution in [0.2, 0.25) is 5.02 Å². The predicted molar refractivity (Wildman–Crippen MR) is 91.0 cm³/mol. The number of rotatable bonds is 2. The smallest absolute Gasteiger partial charge is 0.188 e. The molecule has 3 rings (SSSR count). The van der Waals surface area contributed by atoms with Gasteiger partial charge < -0.3 is 4.74 Å². The third-order valence-corrected chi connectivity index (χ3v) is 6.73. The lowest BCUT2D eigenvalue weighted by atomic mass is 9.89. The van der Waals surface area contributed by atoms with Crippen molar-refractivity contribution in [1.82, 2.24) is 0 Å². The van der Waals surface area contributed by atoms with E-state index in [-0.39, 0.29) is 17.2 Å². The first kappa shape index (κ1) is 15.1. The lowest BCUT2D eigenvalue weighted by Gasteiger charge is -2.35. The number of Topliss-reactive ketones (excluding diaryl/α,β-unsaturated/α-hetero) is 1. The first-order valence-corrected chi connectivity index (χ1v) is 8.46. The fourth-order valence-electron chi connectivity index (χ4n) is 2.34. The van der Waals surface area contributed by atoms with E-state index in [1.807, 2.05) is 42.5 Å². The molecule has 1 aliphatic rings. The molecule has 0 radical (unpaired) electrons. The van der Waals surface area contributed by atoms with Crippen LogP contribution < -0.4 is 4.74 Å². The summed E-state index contributed by atoms with van der Waals surface area (Å²) in [6.45, 7) is 0.265. The normalized spacial score (nSPS) is 22.3. The summed E-state index contributed by atoms with van der Waals surface area (Å²) >= 11 is 13.1. The predicted octanol–water partition coefficient (Wildman–Crippen LogP) is 5.19. The van der Waals surface area contributed by atoms with Gasteiger partial charge in [-0.05, 0) is 29.8 Å². The van der Waals surface area contributed by atoms with Gasteiger partial charge in [0.25, 0.3) is 0 Å². The highest BCUT2D eigenvalue weighted by Crippen LogP contribution is 2.46. The van der Waals surface area contributed by atoms with Crippen molar-refractivity contribution >= 4 is 49.2 Å². The molecule has 5 heteroatoms. The number of benzene rings is 2. The molecular weight excluding hydrogens is 419 g/mol. The fourth-order valence-corrected chi connectivity index (χ4v) is 3.70. The van der Waals surface area contributed by atoms with Crippen LogP contribution in [0.3, 0.4) is 0 Å². The van der Waals surface area contributed by atoms with Gasteiger partial charge in [0.15, 0.2) is 5.78 Å². The average molecular weight is 431 g/mol. The van der Waals surface area contributed by atoms with E-state index in [1.165, 1.54) is 0 Å². The van der Waals surface area contributed by atoms with E-state index in [9.17, 15) is 4.79 Å². The molecule has 0 spiro atoms. The summed E-state index contributed by atoms with van der Waals surface area (Å²) in [6, 6.07) is 14.7. The SMILES string of the molecule is O=C1c2ccccc2OC[C@@]1(Br)[C@@H](Br)c1ccc(Cl)cc1. The number of ketones is 1. The molecule has 108 valence electrons. The molecule has 0 aromatic heterocycles. The molecule has 0 unspecified atom stereocenters. The number of fused-ring (bicyclic) bond motifs is 1. The third-order valence-electron chi connectivity index (χ3n) is 3.51. The second-order valence-corrected chi connectivity index (χ2v) is 7.66. The average Bonchev–Trinajstić information content (AvgIpc) is 2.51. The quantitative estimate of drug-likeness (QED) is 0.614. The van der Waals surface area contributed by atoms with Crippen molar-refractivity contribution in [3.8, 4) is 5.75 Å². The number of halogens is 3. The number of alkyl halides is 2. The zero-order chi connectivity index (χ0) is 15.0. The lowest BCUT2D eigenvalue weighted by Crippen LogP contribution is -2.45. The van der Waals surface area contributed by atoms with Crippen molar-refractivity contribution in [2.45, 2.75) is 9.15 Å². The number of ether oxygens (including phenoxy) is 1. The molecule has 0 fully saturated rings. The summed E-state index contributed by atoms with van der Waals surface area (Å²) in [5.74, 6) is 0.648. The van der Waals surface area contributed by atoms with E-state index < -0.39 is 4.32 Å². The van der Waals surface area contributed by atoms with Crippen LogP contribution in [-0.4, -0.2) is 16.7 Å². The number of carbonyl (C=O) groups excluding carboxylic acids is 1. The standard InChI is InChI=1S/C16H11Br2ClO2/c17-14(10-5-7-11(19)8-6-10)16(18)9-21-13-4-2-1-3-12(13)15(16)20/h1-8,14H,9H2/t14-,16+/m0/s1. The van der Waals surface area contributed by atoms with Gasteiger partial charge in [-0.2, -0.15) is 0 Å². The second-order valence-electron chi connectivity index (χ2n) is 4.89. The Morgan fingerprint density at radius 1 is 1.14 bits per heavy atom. The van der Waals surface area contributed by atoms with E-state index >= 15 is 0 Å². The van der Waals surface area contributed by atoms with E-state index in [1.54, 1.807) is 6.07 Å². The van der Waals surface area contributed by atoms with Gasteiger partial charge in [-0.1, -0.05) is 67.7 Å². The van der Waals surface area contributed by atoms with Crippen LogP contribution in [0, 0.1) is 0 Å². The Bertz CT molecular complexity index is 687. The number of hydrogen-bond acceptors (Lipinski definition) is 2. The maximum Gasteiger partial charge on any atom is 0.188 e. The third kappa shape index (κ3) is 2.65. The van der Waals surface area contributed by atoms with Gasteiger partial charge in [-0.15, -0.1) is 0 Å². The van der Waals surface area contributed by atoms with Crippen LogP contribution in [0.5, 0.6) is 5.75 Å². The van der Waals surface area contributed by atoms with Gasteiger partial charge in [-0.25, -0.2) is 0 Å². The van der Waals surface area contributed by atoms with Gasteiger partial charge in [0.05, 0.1) is 10.4 Å². The Morgan fingerprint density at radius 2 is 1.81 bits per heavy atom. The molecule has 0 saturated carbocycles. The highest BCUT2D eigenvalue weighted by Gasteiger charge is 2.47. The summed E-state index contributed by atoms with van der Waals surface area (Å²) in [7, 11) is 0. The second kappa shape index (κ2) is 5.75. The monoisotopic (exact) mass is 428 g/mol. The lowest BCUT2D eigenvalue weighted by molar-refractivity contribution is 0.0873. The first-order valence-electron chi connectivity index (χ1n) is 6.37. The number of para-hydroxylation sites is 1. The number of carbonyl (C=O) groups is 1. The van der Waals surface area contributed by atoms with Gasteiger partial charge in [0, 0.05) is 5.02 Å². The Labute approximate surface area is 144 Å². The Morgan fingerprint density at radius 3 is 2.52 bits per heavy atom. The summed E-state index contributed by atoms with van der Waals surface area (Å²) in [6.07, 6.45) is 0. The van der Waals surface area contributed by atoms with E-state index in [0.717, 1.165) is 5.56 Å². The minimum absolute atomic E-state index is 0.0150. The zero-order valence-electron chi connectivity index (χ0n) is 10.9. The highest BCUT2D eigenvalue weighted by atomic mass is 79.9. The van der Waals surface area contributed by atoms with Crippen LogP contribution >= 0.6 is 43.5 Å². The van der Waals surface area contributed by atoms with Gasteiger partial charge in [-0.3, -0.25) is 4.79 Å². The zero-order valence-corrected chi connectivity index (χ0v) is 14.8. The molecule has 2 nitrogen and oxygen atoms in total. The van der Waals surface area contributed by atoms with Crippen molar-refractivity contribution in [3.63, 3.8) is 0 Å². The largest absolute Gasteiger partial charge is 0.491 e. The summed E-state index contributed by atoms with van der Waals surface area (Å²) in [5.41, 5.74) is 1.56. The van der Waals surface area contributed by atoms with Gasteiger partial charge in [0.1, 0.15) is 16.7 Å².